The van der Waals surface area contributed by atoms with E-state index in [9.17, 15) is 9.18 Å². The number of halogens is 1. The molecule has 9 heteroatoms. The van der Waals surface area contributed by atoms with Crippen LogP contribution in [0.2, 0.25) is 0 Å². The minimum absolute atomic E-state index is 0.0839. The van der Waals surface area contributed by atoms with Gasteiger partial charge in [-0.1, -0.05) is 6.07 Å². The first-order valence-corrected chi connectivity index (χ1v) is 9.62. The van der Waals surface area contributed by atoms with E-state index in [1.165, 1.54) is 6.07 Å². The van der Waals surface area contributed by atoms with Gasteiger partial charge in [-0.15, -0.1) is 0 Å². The Balaban J connectivity index is 1.47. The molecule has 1 aromatic carbocycles. The van der Waals surface area contributed by atoms with E-state index in [1.807, 2.05) is 0 Å². The molecule has 1 aliphatic heterocycles. The molecular weight excluding hydrogens is 375 g/mol. The summed E-state index contributed by atoms with van der Waals surface area (Å²) in [5.74, 6) is -0.385. The molecule has 0 bridgehead atoms. The van der Waals surface area contributed by atoms with Gasteiger partial charge in [0.1, 0.15) is 11.2 Å². The van der Waals surface area contributed by atoms with E-state index >= 15 is 0 Å². The topological polar surface area (TPSA) is 92.8 Å². The van der Waals surface area contributed by atoms with Crippen LogP contribution in [0.1, 0.15) is 52.7 Å². The van der Waals surface area contributed by atoms with Crippen LogP contribution in [0.5, 0.6) is 0 Å². The summed E-state index contributed by atoms with van der Waals surface area (Å²) >= 11 is 0. The zero-order chi connectivity index (χ0) is 19.5. The number of imidazole rings is 1. The summed E-state index contributed by atoms with van der Waals surface area (Å²) in [5.41, 5.74) is 2.64. The summed E-state index contributed by atoms with van der Waals surface area (Å²) in [5, 5.41) is 4.33. The summed E-state index contributed by atoms with van der Waals surface area (Å²) in [7, 11) is 0. The van der Waals surface area contributed by atoms with Crippen LogP contribution < -0.4 is 0 Å². The summed E-state index contributed by atoms with van der Waals surface area (Å²) < 4.78 is 21.8. The van der Waals surface area contributed by atoms with Gasteiger partial charge in [0.25, 0.3) is 5.91 Å². The van der Waals surface area contributed by atoms with E-state index in [4.69, 9.17) is 4.42 Å². The molecule has 8 nitrogen and oxygen atoms in total. The molecule has 1 saturated carbocycles. The highest BCUT2D eigenvalue weighted by Gasteiger charge is 2.40. The second-order valence-electron chi connectivity index (χ2n) is 7.45. The average Bonchev–Trinajstić information content (AvgIpc) is 3.13. The highest BCUT2D eigenvalue weighted by molar-refractivity contribution is 5.93. The van der Waals surface area contributed by atoms with Gasteiger partial charge < -0.3 is 14.3 Å². The number of aromatic nitrogens is 5. The highest BCUT2D eigenvalue weighted by atomic mass is 19.1. The predicted molar refractivity (Wildman–Crippen MR) is 99.6 cm³/mol. The molecule has 1 fully saturated rings. The molecule has 1 aliphatic carbocycles. The number of fused-ring (bicyclic) bond motifs is 2. The Morgan fingerprint density at radius 1 is 1.28 bits per heavy atom. The van der Waals surface area contributed by atoms with Crippen LogP contribution in [0.4, 0.5) is 4.39 Å². The predicted octanol–water partition coefficient (Wildman–Crippen LogP) is 3.01. The molecule has 0 unspecified atom stereocenters. The van der Waals surface area contributed by atoms with Crippen LogP contribution >= 0.6 is 0 Å². The van der Waals surface area contributed by atoms with Crippen molar-refractivity contribution < 1.29 is 13.6 Å². The van der Waals surface area contributed by atoms with Crippen molar-refractivity contribution >= 4 is 17.0 Å². The van der Waals surface area contributed by atoms with E-state index in [2.05, 4.69) is 20.1 Å². The number of nitrogens with zero attached hydrogens (tertiary/aromatic N) is 5. The molecule has 4 heterocycles. The Morgan fingerprint density at radius 3 is 3.00 bits per heavy atom. The lowest BCUT2D eigenvalue weighted by atomic mass is 10.0. The summed E-state index contributed by atoms with van der Waals surface area (Å²) in [4.78, 5) is 27.2. The van der Waals surface area contributed by atoms with E-state index in [0.717, 1.165) is 18.5 Å². The second-order valence-corrected chi connectivity index (χ2v) is 7.45. The van der Waals surface area contributed by atoms with E-state index in [-0.39, 0.29) is 23.4 Å². The Hall–Kier alpha value is -3.49. The molecule has 4 aromatic rings. The van der Waals surface area contributed by atoms with Gasteiger partial charge in [-0.3, -0.25) is 9.48 Å². The van der Waals surface area contributed by atoms with Crippen molar-refractivity contribution in [3.63, 3.8) is 0 Å². The van der Waals surface area contributed by atoms with E-state index < -0.39 is 11.9 Å². The molecule has 29 heavy (non-hydrogen) atoms. The first-order valence-electron chi connectivity index (χ1n) is 9.62. The molecule has 1 atom stereocenters. The number of benzene rings is 1. The standard InChI is InChI=1S/C20H17FN6O2/c21-12-2-1-3-14-18(12)29-19(25-14)17-16-13(22-10-23-16)7-9-26(17)20(28)15-6-8-24-27(15)11-4-5-11/h1-3,6,8,10-11,17H,4-5,7,9H2,(H,22,23)/t17-/m0/s1. The molecule has 0 spiro atoms. The van der Waals surface area contributed by atoms with Gasteiger partial charge in [-0.05, 0) is 31.0 Å². The number of aromatic amines is 1. The van der Waals surface area contributed by atoms with Crippen LogP contribution in [0.25, 0.3) is 11.1 Å². The fourth-order valence-electron chi connectivity index (χ4n) is 4.04. The Labute approximate surface area is 164 Å². The van der Waals surface area contributed by atoms with Gasteiger partial charge >= 0.3 is 0 Å². The molecule has 3 aromatic heterocycles. The molecule has 1 amide bonds. The van der Waals surface area contributed by atoms with Crippen LogP contribution in [0.3, 0.4) is 0 Å². The molecule has 0 saturated heterocycles. The number of hydrogen-bond acceptors (Lipinski definition) is 5. The van der Waals surface area contributed by atoms with Crippen molar-refractivity contribution in [2.45, 2.75) is 31.3 Å². The van der Waals surface area contributed by atoms with Gasteiger partial charge in [0, 0.05) is 24.9 Å². The number of para-hydroxylation sites is 1. The van der Waals surface area contributed by atoms with Crippen molar-refractivity contribution in [3.8, 4) is 0 Å². The number of rotatable bonds is 3. The third kappa shape index (κ3) is 2.50. The number of carbonyl (C=O) groups excluding carboxylic acids is 1. The number of hydrogen-bond donors (Lipinski definition) is 1. The highest BCUT2D eigenvalue weighted by Crippen LogP contribution is 2.38. The van der Waals surface area contributed by atoms with Crippen molar-refractivity contribution in [2.75, 3.05) is 6.54 Å². The maximum atomic E-state index is 14.2. The smallest absolute Gasteiger partial charge is 0.273 e. The third-order valence-electron chi connectivity index (χ3n) is 5.59. The normalized spacial score (nSPS) is 18.9. The van der Waals surface area contributed by atoms with Crippen molar-refractivity contribution in [2.24, 2.45) is 0 Å². The number of amides is 1. The molecule has 1 N–H and O–H groups in total. The monoisotopic (exact) mass is 392 g/mol. The molecule has 0 radical (unpaired) electrons. The quantitative estimate of drug-likeness (QED) is 0.579. The number of nitrogens with one attached hydrogen (secondary N) is 1. The van der Waals surface area contributed by atoms with Crippen molar-refractivity contribution in [3.05, 3.63) is 65.6 Å². The minimum atomic E-state index is -0.633. The van der Waals surface area contributed by atoms with Crippen molar-refractivity contribution in [1.82, 2.24) is 29.6 Å². The number of carbonyl (C=O) groups is 1. The van der Waals surface area contributed by atoms with Crippen LogP contribution in [0.15, 0.2) is 41.2 Å². The minimum Gasteiger partial charge on any atom is -0.435 e. The first kappa shape index (κ1) is 16.5. The third-order valence-corrected chi connectivity index (χ3v) is 5.59. The molecule has 6 rings (SSSR count). The lowest BCUT2D eigenvalue weighted by molar-refractivity contribution is 0.0654. The molecular formula is C20H17FN6O2. The van der Waals surface area contributed by atoms with Gasteiger partial charge in [-0.25, -0.2) is 14.4 Å². The summed E-state index contributed by atoms with van der Waals surface area (Å²) in [6.45, 7) is 0.468. The largest absolute Gasteiger partial charge is 0.435 e. The Morgan fingerprint density at radius 2 is 2.17 bits per heavy atom. The van der Waals surface area contributed by atoms with Gasteiger partial charge in [0.15, 0.2) is 17.4 Å². The summed E-state index contributed by atoms with van der Waals surface area (Å²) in [6, 6.07) is 5.99. The fourth-order valence-corrected chi connectivity index (χ4v) is 4.04. The first-order chi connectivity index (χ1) is 14.2. The van der Waals surface area contributed by atoms with Gasteiger partial charge in [-0.2, -0.15) is 5.10 Å². The molecule has 146 valence electrons. The lowest BCUT2D eigenvalue weighted by Crippen LogP contribution is -2.41. The Bertz CT molecular complexity index is 1240. The van der Waals surface area contributed by atoms with Crippen LogP contribution in [0, 0.1) is 5.82 Å². The fraction of sp³-hybridized carbons (Fsp3) is 0.300. The van der Waals surface area contributed by atoms with Gasteiger partial charge in [0.2, 0.25) is 5.89 Å². The number of oxazole rings is 1. The maximum absolute atomic E-state index is 14.2. The SMILES string of the molecule is O=C(c1ccnn1C1CC1)N1CCc2[nH]cnc2[C@H]1c1nc2cccc(F)c2o1. The van der Waals surface area contributed by atoms with Crippen molar-refractivity contribution in [1.29, 1.82) is 0 Å². The molecule has 2 aliphatic rings. The van der Waals surface area contributed by atoms with E-state index in [0.29, 0.717) is 29.9 Å². The second kappa shape index (κ2) is 6.00. The maximum Gasteiger partial charge on any atom is 0.273 e. The van der Waals surface area contributed by atoms with Gasteiger partial charge in [0.05, 0.1) is 18.1 Å². The zero-order valence-corrected chi connectivity index (χ0v) is 15.4. The van der Waals surface area contributed by atoms with E-state index in [1.54, 1.807) is 40.3 Å². The summed E-state index contributed by atoms with van der Waals surface area (Å²) in [6.07, 6.45) is 5.95. The average molecular weight is 392 g/mol. The van der Waals surface area contributed by atoms with Crippen LogP contribution in [-0.2, 0) is 6.42 Å². The Kier molecular flexibility index (Phi) is 3.41. The number of H-pyrrole nitrogens is 1. The van der Waals surface area contributed by atoms with Crippen LogP contribution in [-0.4, -0.2) is 42.1 Å². The lowest BCUT2D eigenvalue weighted by Gasteiger charge is -2.33. The zero-order valence-electron chi connectivity index (χ0n) is 15.4.